The van der Waals surface area contributed by atoms with Gasteiger partial charge in [0.25, 0.3) is 0 Å². The van der Waals surface area contributed by atoms with E-state index in [0.29, 0.717) is 13.0 Å². The lowest BCUT2D eigenvalue weighted by molar-refractivity contribution is 0.0943. The van der Waals surface area contributed by atoms with Gasteiger partial charge in [-0.3, -0.25) is 5.41 Å². The molecule has 0 aromatic heterocycles. The van der Waals surface area contributed by atoms with Crippen LogP contribution in [0.5, 0.6) is 0 Å². The molecule has 64 valence electrons. The van der Waals surface area contributed by atoms with Crippen LogP contribution in [-0.4, -0.2) is 18.7 Å². The minimum Gasteiger partial charge on any atom is -0.434 e. The predicted molar refractivity (Wildman–Crippen MR) is 40.7 cm³/mol. The second-order valence-corrected chi connectivity index (χ2v) is 1.98. The molecule has 0 aromatic carbocycles. The van der Waals surface area contributed by atoms with Gasteiger partial charge in [0.15, 0.2) is 5.90 Å². The van der Waals surface area contributed by atoms with Crippen LogP contribution in [-0.2, 0) is 9.47 Å². The zero-order chi connectivity index (χ0) is 8.69. The van der Waals surface area contributed by atoms with Gasteiger partial charge in [0.2, 0.25) is 0 Å². The average molecular weight is 159 g/mol. The van der Waals surface area contributed by atoms with Gasteiger partial charge in [-0.1, -0.05) is 13.8 Å². The van der Waals surface area contributed by atoms with E-state index in [4.69, 9.17) is 5.41 Å². The van der Waals surface area contributed by atoms with Crippen molar-refractivity contribution in [1.29, 1.82) is 5.41 Å². The molecule has 0 aromatic rings. The maximum atomic E-state index is 10.6. The molecule has 0 aliphatic carbocycles. The Labute approximate surface area is 66.0 Å². The zero-order valence-electron chi connectivity index (χ0n) is 6.85. The molecular formula is C7H13NO3. The van der Waals surface area contributed by atoms with E-state index in [-0.39, 0.29) is 5.90 Å². The molecule has 0 saturated heterocycles. The summed E-state index contributed by atoms with van der Waals surface area (Å²) in [4.78, 5) is 10.6. The van der Waals surface area contributed by atoms with Crippen LogP contribution in [0.3, 0.4) is 0 Å². The van der Waals surface area contributed by atoms with Gasteiger partial charge in [-0.15, -0.1) is 0 Å². The van der Waals surface area contributed by atoms with Crippen LogP contribution in [0.4, 0.5) is 4.79 Å². The van der Waals surface area contributed by atoms with Gasteiger partial charge >= 0.3 is 6.16 Å². The van der Waals surface area contributed by atoms with E-state index in [9.17, 15) is 4.79 Å². The van der Waals surface area contributed by atoms with E-state index < -0.39 is 6.16 Å². The van der Waals surface area contributed by atoms with Gasteiger partial charge < -0.3 is 9.47 Å². The molecule has 0 unspecified atom stereocenters. The van der Waals surface area contributed by atoms with Crippen molar-refractivity contribution < 1.29 is 14.3 Å². The fraction of sp³-hybridized carbons (Fsp3) is 0.714. The summed E-state index contributed by atoms with van der Waals surface area (Å²) in [6.45, 7) is 3.96. The molecule has 0 saturated carbocycles. The van der Waals surface area contributed by atoms with Crippen molar-refractivity contribution in [1.82, 2.24) is 0 Å². The normalized spacial score (nSPS) is 8.91. The van der Waals surface area contributed by atoms with Crippen molar-refractivity contribution in [2.24, 2.45) is 0 Å². The van der Waals surface area contributed by atoms with Gasteiger partial charge in [0, 0.05) is 6.42 Å². The number of ether oxygens (including phenoxy) is 2. The fourth-order valence-electron chi connectivity index (χ4n) is 0.388. The summed E-state index contributed by atoms with van der Waals surface area (Å²) in [5.74, 6) is -0.0638. The highest BCUT2D eigenvalue weighted by Gasteiger charge is 2.04. The summed E-state index contributed by atoms with van der Waals surface area (Å²) in [6.07, 6.45) is 0.384. The number of hydrogen-bond donors (Lipinski definition) is 1. The molecule has 0 fully saturated rings. The minimum absolute atomic E-state index is 0.0638. The van der Waals surface area contributed by atoms with Gasteiger partial charge in [-0.05, 0) is 6.42 Å². The van der Waals surface area contributed by atoms with Crippen LogP contribution in [0.1, 0.15) is 26.7 Å². The van der Waals surface area contributed by atoms with Gasteiger partial charge in [-0.25, -0.2) is 4.79 Å². The Kier molecular flexibility index (Phi) is 5.15. The summed E-state index contributed by atoms with van der Waals surface area (Å²) < 4.78 is 8.99. The van der Waals surface area contributed by atoms with Gasteiger partial charge in [-0.2, -0.15) is 0 Å². The Balaban J connectivity index is 3.44. The Morgan fingerprint density at radius 2 is 2.09 bits per heavy atom. The van der Waals surface area contributed by atoms with E-state index in [0.717, 1.165) is 6.42 Å². The Hall–Kier alpha value is -1.06. The fourth-order valence-corrected chi connectivity index (χ4v) is 0.388. The molecule has 0 bridgehead atoms. The van der Waals surface area contributed by atoms with Gasteiger partial charge in [0.1, 0.15) is 0 Å². The predicted octanol–water partition coefficient (Wildman–Crippen LogP) is 1.94. The highest BCUT2D eigenvalue weighted by Crippen LogP contribution is 1.91. The summed E-state index contributed by atoms with van der Waals surface area (Å²) in [5, 5.41) is 6.98. The monoisotopic (exact) mass is 159 g/mol. The van der Waals surface area contributed by atoms with Gasteiger partial charge in [0.05, 0.1) is 6.61 Å². The summed E-state index contributed by atoms with van der Waals surface area (Å²) >= 11 is 0. The molecule has 4 nitrogen and oxygen atoms in total. The summed E-state index contributed by atoms with van der Waals surface area (Å²) in [7, 11) is 0. The average Bonchev–Trinajstić information content (AvgIpc) is 2.00. The summed E-state index contributed by atoms with van der Waals surface area (Å²) in [6, 6.07) is 0. The third kappa shape index (κ3) is 5.39. The van der Waals surface area contributed by atoms with Crippen molar-refractivity contribution in [2.75, 3.05) is 6.61 Å². The van der Waals surface area contributed by atoms with Crippen LogP contribution >= 0.6 is 0 Å². The van der Waals surface area contributed by atoms with Crippen LogP contribution < -0.4 is 0 Å². The molecular weight excluding hydrogens is 146 g/mol. The molecule has 11 heavy (non-hydrogen) atoms. The largest absolute Gasteiger partial charge is 0.514 e. The zero-order valence-corrected chi connectivity index (χ0v) is 6.85. The second kappa shape index (κ2) is 5.70. The van der Waals surface area contributed by atoms with Crippen molar-refractivity contribution in [2.45, 2.75) is 26.7 Å². The van der Waals surface area contributed by atoms with E-state index >= 15 is 0 Å². The van der Waals surface area contributed by atoms with Crippen molar-refractivity contribution in [3.63, 3.8) is 0 Å². The number of nitrogens with one attached hydrogen (secondary N) is 1. The lowest BCUT2D eigenvalue weighted by Crippen LogP contribution is -2.12. The first-order valence-corrected chi connectivity index (χ1v) is 3.62. The molecule has 0 aliphatic heterocycles. The van der Waals surface area contributed by atoms with E-state index in [1.54, 1.807) is 6.92 Å². The van der Waals surface area contributed by atoms with E-state index in [1.807, 2.05) is 6.92 Å². The van der Waals surface area contributed by atoms with Crippen LogP contribution in [0, 0.1) is 5.41 Å². The molecule has 0 rings (SSSR count). The van der Waals surface area contributed by atoms with Crippen LogP contribution in [0.15, 0.2) is 0 Å². The molecule has 0 heterocycles. The van der Waals surface area contributed by atoms with E-state index in [2.05, 4.69) is 9.47 Å². The van der Waals surface area contributed by atoms with Crippen molar-refractivity contribution in [3.05, 3.63) is 0 Å². The Bertz CT molecular complexity index is 145. The maximum absolute atomic E-state index is 10.6. The lowest BCUT2D eigenvalue weighted by Gasteiger charge is -2.02. The smallest absolute Gasteiger partial charge is 0.434 e. The highest BCUT2D eigenvalue weighted by atomic mass is 16.7. The Morgan fingerprint density at radius 3 is 2.55 bits per heavy atom. The number of carbonyl (C=O) groups excluding carboxylic acids is 1. The third-order valence-corrected chi connectivity index (χ3v) is 0.952. The molecule has 0 atom stereocenters. The number of rotatable bonds is 3. The maximum Gasteiger partial charge on any atom is 0.514 e. The Morgan fingerprint density at radius 1 is 1.45 bits per heavy atom. The quantitative estimate of drug-likeness (QED) is 0.389. The molecule has 0 aliphatic rings. The van der Waals surface area contributed by atoms with E-state index in [1.165, 1.54) is 0 Å². The van der Waals surface area contributed by atoms with Crippen molar-refractivity contribution in [3.8, 4) is 0 Å². The topological polar surface area (TPSA) is 59.4 Å². The molecule has 4 heteroatoms. The lowest BCUT2D eigenvalue weighted by atomic mass is 10.5. The molecule has 0 radical (unpaired) electrons. The minimum atomic E-state index is -0.779. The van der Waals surface area contributed by atoms with Crippen LogP contribution in [0.2, 0.25) is 0 Å². The standard InChI is InChI=1S/C7H13NO3/c1-3-5-10-7(9)11-6(8)4-2/h8H,3-5H2,1-2H3. The first-order chi connectivity index (χ1) is 5.20. The molecule has 0 amide bonds. The first kappa shape index (κ1) is 9.94. The highest BCUT2D eigenvalue weighted by molar-refractivity contribution is 5.83. The van der Waals surface area contributed by atoms with Crippen LogP contribution in [0.25, 0.3) is 0 Å². The second-order valence-electron chi connectivity index (χ2n) is 1.98. The first-order valence-electron chi connectivity index (χ1n) is 3.62. The van der Waals surface area contributed by atoms with Crippen molar-refractivity contribution >= 4 is 12.1 Å². The number of carbonyl (C=O) groups is 1. The molecule has 1 N–H and O–H groups in total. The SMILES string of the molecule is CCCOC(=O)OC(=N)CC. The number of hydrogen-bond acceptors (Lipinski definition) is 4. The third-order valence-electron chi connectivity index (χ3n) is 0.952. The molecule has 0 spiro atoms. The summed E-state index contributed by atoms with van der Waals surface area (Å²) in [5.41, 5.74) is 0.